The number of sulfonamides is 1. The number of piperidine rings is 1. The van der Waals surface area contributed by atoms with E-state index in [1.165, 1.54) is 14.4 Å². The van der Waals surface area contributed by atoms with Gasteiger partial charge in [-0.25, -0.2) is 17.9 Å². The maximum atomic E-state index is 12.7. The monoisotopic (exact) mass is 416 g/mol. The Balaban J connectivity index is 1.47. The molecule has 1 saturated carbocycles. The van der Waals surface area contributed by atoms with E-state index in [2.05, 4.69) is 5.10 Å². The van der Waals surface area contributed by atoms with Crippen LogP contribution in [0.25, 0.3) is 6.08 Å². The second-order valence-corrected chi connectivity index (χ2v) is 9.82. The fraction of sp³-hybridized carbons (Fsp3) is 0.524. The molecule has 1 aliphatic heterocycles. The molecule has 1 aromatic carbocycles. The van der Waals surface area contributed by atoms with Crippen LogP contribution in [0.4, 0.5) is 0 Å². The minimum atomic E-state index is -3.46. The highest BCUT2D eigenvalue weighted by Crippen LogP contribution is 2.34. The van der Waals surface area contributed by atoms with Crippen LogP contribution in [0.5, 0.6) is 0 Å². The first-order chi connectivity index (χ1) is 14.0. The zero-order valence-corrected chi connectivity index (χ0v) is 17.6. The van der Waals surface area contributed by atoms with Crippen LogP contribution >= 0.6 is 0 Å². The molecule has 156 valence electrons. The molecule has 1 aliphatic carbocycles. The molecular formula is C21H28N4O3S. The summed E-state index contributed by atoms with van der Waals surface area (Å²) in [5.41, 5.74) is 0.813. The Bertz CT molecular complexity index is 1030. The molecule has 1 saturated heterocycles. The molecular weight excluding hydrogens is 388 g/mol. The average Bonchev–Trinajstić information content (AvgIpc) is 3.36. The summed E-state index contributed by atoms with van der Waals surface area (Å²) in [4.78, 5) is 12.6. The van der Waals surface area contributed by atoms with Gasteiger partial charge in [0.05, 0.1) is 0 Å². The van der Waals surface area contributed by atoms with Gasteiger partial charge in [-0.2, -0.15) is 9.40 Å². The van der Waals surface area contributed by atoms with Crippen LogP contribution in [-0.2, 0) is 17.1 Å². The van der Waals surface area contributed by atoms with Gasteiger partial charge in [0.2, 0.25) is 10.0 Å². The van der Waals surface area contributed by atoms with Gasteiger partial charge < -0.3 is 0 Å². The summed E-state index contributed by atoms with van der Waals surface area (Å²) >= 11 is 0. The minimum absolute atomic E-state index is 0.0484. The topological polar surface area (TPSA) is 77.2 Å². The lowest BCUT2D eigenvalue weighted by Gasteiger charge is -2.30. The summed E-state index contributed by atoms with van der Waals surface area (Å²) < 4.78 is 30.2. The van der Waals surface area contributed by atoms with Crippen molar-refractivity contribution in [3.63, 3.8) is 0 Å². The van der Waals surface area contributed by atoms with Gasteiger partial charge in [0.15, 0.2) is 0 Å². The van der Waals surface area contributed by atoms with Gasteiger partial charge in [-0.1, -0.05) is 43.2 Å². The normalized spacial score (nSPS) is 20.0. The summed E-state index contributed by atoms with van der Waals surface area (Å²) in [7, 11) is -1.76. The smallest absolute Gasteiger partial charge is 0.276 e. The number of hydrogen-bond acceptors (Lipinski definition) is 4. The van der Waals surface area contributed by atoms with Crippen LogP contribution in [0.2, 0.25) is 0 Å². The molecule has 0 bridgehead atoms. The van der Waals surface area contributed by atoms with E-state index < -0.39 is 10.0 Å². The zero-order valence-electron chi connectivity index (χ0n) is 16.8. The van der Waals surface area contributed by atoms with E-state index in [1.807, 2.05) is 34.9 Å². The summed E-state index contributed by atoms with van der Waals surface area (Å²) in [6.07, 6.45) is 7.35. The molecule has 0 N–H and O–H groups in total. The lowest BCUT2D eigenvalue weighted by molar-refractivity contribution is 0.307. The first-order valence-corrected chi connectivity index (χ1v) is 11.8. The number of hydrogen-bond donors (Lipinski definition) is 0. The molecule has 0 unspecified atom stereocenters. The van der Waals surface area contributed by atoms with Crippen LogP contribution in [0, 0.1) is 0 Å². The molecule has 7 nitrogen and oxygen atoms in total. The Hall–Kier alpha value is -2.19. The molecule has 2 heterocycles. The lowest BCUT2D eigenvalue weighted by Crippen LogP contribution is -2.37. The van der Waals surface area contributed by atoms with Crippen molar-refractivity contribution in [3.8, 4) is 0 Å². The van der Waals surface area contributed by atoms with Crippen molar-refractivity contribution in [2.24, 2.45) is 7.05 Å². The number of aryl methyl sites for hydroxylation is 1. The van der Waals surface area contributed by atoms with Crippen LogP contribution in [0.1, 0.15) is 61.9 Å². The molecule has 8 heteroatoms. The van der Waals surface area contributed by atoms with E-state index in [4.69, 9.17) is 0 Å². The van der Waals surface area contributed by atoms with Crippen LogP contribution in [0.3, 0.4) is 0 Å². The lowest BCUT2D eigenvalue weighted by atomic mass is 9.97. The Morgan fingerprint density at radius 2 is 1.69 bits per heavy atom. The van der Waals surface area contributed by atoms with Gasteiger partial charge in [-0.3, -0.25) is 4.57 Å². The number of rotatable bonds is 5. The zero-order chi connectivity index (χ0) is 20.4. The Kier molecular flexibility index (Phi) is 5.74. The largest absolute Gasteiger partial charge is 0.345 e. The maximum Gasteiger partial charge on any atom is 0.345 e. The van der Waals surface area contributed by atoms with Crippen molar-refractivity contribution in [2.45, 2.75) is 50.5 Å². The third-order valence-electron chi connectivity index (χ3n) is 6.08. The second-order valence-electron chi connectivity index (χ2n) is 8.00. The van der Waals surface area contributed by atoms with E-state index >= 15 is 0 Å². The average molecular weight is 417 g/mol. The first-order valence-electron chi connectivity index (χ1n) is 10.3. The van der Waals surface area contributed by atoms with Crippen molar-refractivity contribution in [1.82, 2.24) is 18.7 Å². The van der Waals surface area contributed by atoms with Crippen molar-refractivity contribution in [3.05, 3.63) is 57.6 Å². The standard InChI is InChI=1S/C21H28N4O3S/c1-23-21(26)25(19-9-5-6-10-19)20(22-23)18-11-14-24(15-12-18)29(27,28)16-13-17-7-3-2-4-8-17/h2-4,7-8,13,16,18-19H,5-6,9-12,14-15H2,1H3/b16-13+. The van der Waals surface area contributed by atoms with Gasteiger partial charge in [0.1, 0.15) is 5.82 Å². The highest BCUT2D eigenvalue weighted by Gasteiger charge is 2.32. The summed E-state index contributed by atoms with van der Waals surface area (Å²) in [6, 6.07) is 9.66. The number of nitrogens with zero attached hydrogens (tertiary/aromatic N) is 4. The molecule has 4 rings (SSSR count). The van der Waals surface area contributed by atoms with E-state index in [9.17, 15) is 13.2 Å². The van der Waals surface area contributed by atoms with Crippen LogP contribution < -0.4 is 5.69 Å². The molecule has 1 aromatic heterocycles. The maximum absolute atomic E-state index is 12.7. The van der Waals surface area contributed by atoms with Crippen molar-refractivity contribution >= 4 is 16.1 Å². The molecule has 0 amide bonds. The van der Waals surface area contributed by atoms with E-state index in [-0.39, 0.29) is 17.6 Å². The number of aromatic nitrogens is 3. The van der Waals surface area contributed by atoms with Gasteiger partial charge in [0.25, 0.3) is 0 Å². The van der Waals surface area contributed by atoms with Crippen molar-refractivity contribution < 1.29 is 8.42 Å². The quantitative estimate of drug-likeness (QED) is 0.751. The Morgan fingerprint density at radius 3 is 2.34 bits per heavy atom. The van der Waals surface area contributed by atoms with E-state index in [1.54, 1.807) is 13.1 Å². The molecule has 2 aromatic rings. The van der Waals surface area contributed by atoms with E-state index in [0.29, 0.717) is 25.9 Å². The third kappa shape index (κ3) is 4.23. The predicted molar refractivity (Wildman–Crippen MR) is 113 cm³/mol. The Labute approximate surface area is 171 Å². The fourth-order valence-corrected chi connectivity index (χ4v) is 5.69. The van der Waals surface area contributed by atoms with Gasteiger partial charge >= 0.3 is 5.69 Å². The SMILES string of the molecule is Cn1nc(C2CCN(S(=O)(=O)/C=C/c3ccccc3)CC2)n(C2CCCC2)c1=O. The van der Waals surface area contributed by atoms with Gasteiger partial charge in [-0.15, -0.1) is 0 Å². The summed E-state index contributed by atoms with van der Waals surface area (Å²) in [5, 5.41) is 5.82. The van der Waals surface area contributed by atoms with Gasteiger partial charge in [0, 0.05) is 37.5 Å². The van der Waals surface area contributed by atoms with Gasteiger partial charge in [-0.05, 0) is 37.3 Å². The third-order valence-corrected chi connectivity index (χ3v) is 7.65. The highest BCUT2D eigenvalue weighted by atomic mass is 32.2. The minimum Gasteiger partial charge on any atom is -0.276 e. The molecule has 2 aliphatic rings. The predicted octanol–water partition coefficient (Wildman–Crippen LogP) is 2.88. The molecule has 0 atom stereocenters. The van der Waals surface area contributed by atoms with E-state index in [0.717, 1.165) is 37.1 Å². The van der Waals surface area contributed by atoms with Crippen LogP contribution in [0.15, 0.2) is 40.5 Å². The Morgan fingerprint density at radius 1 is 1.03 bits per heavy atom. The summed E-state index contributed by atoms with van der Waals surface area (Å²) in [6.45, 7) is 0.892. The van der Waals surface area contributed by atoms with Crippen molar-refractivity contribution in [1.29, 1.82) is 0 Å². The highest BCUT2D eigenvalue weighted by molar-refractivity contribution is 7.92. The molecule has 0 spiro atoms. The van der Waals surface area contributed by atoms with Crippen LogP contribution in [-0.4, -0.2) is 40.2 Å². The fourth-order valence-electron chi connectivity index (χ4n) is 4.47. The molecule has 2 fully saturated rings. The van der Waals surface area contributed by atoms with Crippen molar-refractivity contribution in [2.75, 3.05) is 13.1 Å². The summed E-state index contributed by atoms with van der Waals surface area (Å²) in [5.74, 6) is 0.954. The second kappa shape index (κ2) is 8.28. The molecule has 0 radical (unpaired) electrons. The number of benzene rings is 1. The first kappa shape index (κ1) is 20.1. The molecule has 29 heavy (non-hydrogen) atoms.